The van der Waals surface area contributed by atoms with Crippen molar-refractivity contribution in [3.05, 3.63) is 30.1 Å². The van der Waals surface area contributed by atoms with Crippen LogP contribution in [-0.4, -0.2) is 27.8 Å². The molecule has 88 valence electrons. The van der Waals surface area contributed by atoms with E-state index in [-0.39, 0.29) is 5.97 Å². The minimum Gasteiger partial charge on any atom is -0.463 e. The Morgan fingerprint density at radius 1 is 1.59 bits per heavy atom. The molecule has 0 saturated heterocycles. The maximum Gasteiger partial charge on any atom is 0.331 e. The zero-order chi connectivity index (χ0) is 12.3. The molecule has 0 aliphatic heterocycles. The van der Waals surface area contributed by atoms with E-state index in [1.165, 1.54) is 6.08 Å². The molecule has 0 spiro atoms. The van der Waals surface area contributed by atoms with Crippen LogP contribution in [-0.2, 0) is 9.53 Å². The number of H-pyrrole nitrogens is 1. The fraction of sp³-hybridized carbons (Fsp3) is 0.250. The van der Waals surface area contributed by atoms with Crippen LogP contribution in [0, 0.1) is 0 Å². The van der Waals surface area contributed by atoms with Crippen molar-refractivity contribution in [1.82, 2.24) is 15.2 Å². The molecule has 0 radical (unpaired) electrons. The summed E-state index contributed by atoms with van der Waals surface area (Å²) in [5.41, 5.74) is 2.21. The molecule has 0 unspecified atom stereocenters. The highest BCUT2D eigenvalue weighted by atomic mass is 16.5. The molecule has 0 aliphatic rings. The van der Waals surface area contributed by atoms with Crippen LogP contribution in [0.5, 0.6) is 0 Å². The molecular formula is C12H13N3O2. The summed E-state index contributed by atoms with van der Waals surface area (Å²) in [6.45, 7) is 3.97. The van der Waals surface area contributed by atoms with E-state index in [0.717, 1.165) is 16.7 Å². The van der Waals surface area contributed by atoms with Gasteiger partial charge in [-0.1, -0.05) is 0 Å². The van der Waals surface area contributed by atoms with Crippen molar-refractivity contribution >= 4 is 22.6 Å². The van der Waals surface area contributed by atoms with Crippen molar-refractivity contribution < 1.29 is 9.53 Å². The average Bonchev–Trinajstić information content (AvgIpc) is 2.72. The molecule has 2 aromatic heterocycles. The Bertz CT molecular complexity index is 572. The standard InChI is InChI=1S/C12H13N3O2/c1-3-17-10(16)7-8(2)11-9-5-4-6-13-12(9)15-14-11/h4-7H,3H2,1-2H3,(H,13,14,15). The number of hydrogen-bond donors (Lipinski definition) is 1. The van der Waals surface area contributed by atoms with Gasteiger partial charge in [0.1, 0.15) is 0 Å². The van der Waals surface area contributed by atoms with Gasteiger partial charge in [-0.2, -0.15) is 5.10 Å². The van der Waals surface area contributed by atoms with Gasteiger partial charge in [-0.3, -0.25) is 5.10 Å². The van der Waals surface area contributed by atoms with Crippen molar-refractivity contribution in [3.8, 4) is 0 Å². The largest absolute Gasteiger partial charge is 0.463 e. The van der Waals surface area contributed by atoms with E-state index in [4.69, 9.17) is 4.74 Å². The van der Waals surface area contributed by atoms with Crippen LogP contribution in [0.3, 0.4) is 0 Å². The molecule has 2 heterocycles. The molecule has 0 atom stereocenters. The lowest BCUT2D eigenvalue weighted by atomic mass is 10.1. The van der Waals surface area contributed by atoms with Gasteiger partial charge in [0.25, 0.3) is 0 Å². The quantitative estimate of drug-likeness (QED) is 0.647. The highest BCUT2D eigenvalue weighted by molar-refractivity contribution is 5.95. The Kier molecular flexibility index (Phi) is 3.18. The second-order valence-electron chi connectivity index (χ2n) is 3.55. The van der Waals surface area contributed by atoms with Crippen LogP contribution < -0.4 is 0 Å². The van der Waals surface area contributed by atoms with E-state index in [1.807, 2.05) is 19.1 Å². The molecular weight excluding hydrogens is 218 g/mol. The number of nitrogens with zero attached hydrogens (tertiary/aromatic N) is 2. The molecule has 17 heavy (non-hydrogen) atoms. The molecule has 0 saturated carbocycles. The minimum absolute atomic E-state index is 0.350. The number of pyridine rings is 1. The normalized spacial score (nSPS) is 11.8. The maximum atomic E-state index is 11.3. The Labute approximate surface area is 98.5 Å². The van der Waals surface area contributed by atoms with Gasteiger partial charge in [0.15, 0.2) is 5.65 Å². The second-order valence-corrected chi connectivity index (χ2v) is 3.55. The number of ether oxygens (including phenoxy) is 1. The van der Waals surface area contributed by atoms with Gasteiger partial charge in [0.2, 0.25) is 0 Å². The number of hydrogen-bond acceptors (Lipinski definition) is 4. The molecule has 0 fully saturated rings. The van der Waals surface area contributed by atoms with E-state index >= 15 is 0 Å². The molecule has 0 amide bonds. The van der Waals surface area contributed by atoms with E-state index < -0.39 is 0 Å². The first-order valence-electron chi connectivity index (χ1n) is 5.37. The summed E-state index contributed by atoms with van der Waals surface area (Å²) in [5, 5.41) is 7.83. The monoisotopic (exact) mass is 231 g/mol. The molecule has 2 aromatic rings. The minimum atomic E-state index is -0.350. The topological polar surface area (TPSA) is 67.9 Å². The summed E-state index contributed by atoms with van der Waals surface area (Å²) in [7, 11) is 0. The number of fused-ring (bicyclic) bond motifs is 1. The number of aromatic nitrogens is 3. The zero-order valence-corrected chi connectivity index (χ0v) is 9.73. The third kappa shape index (κ3) is 2.33. The van der Waals surface area contributed by atoms with Gasteiger partial charge in [-0.25, -0.2) is 9.78 Å². The lowest BCUT2D eigenvalue weighted by molar-refractivity contribution is -0.137. The summed E-state index contributed by atoms with van der Waals surface area (Å²) in [5.74, 6) is -0.350. The first kappa shape index (κ1) is 11.3. The number of esters is 1. The van der Waals surface area contributed by atoms with E-state index in [9.17, 15) is 4.79 Å². The van der Waals surface area contributed by atoms with Crippen LogP contribution >= 0.6 is 0 Å². The number of carbonyl (C=O) groups excluding carboxylic acids is 1. The van der Waals surface area contributed by atoms with Crippen LogP contribution in [0.2, 0.25) is 0 Å². The SMILES string of the molecule is CCOC(=O)C=C(C)c1[nH]nc2ncccc12. The molecule has 0 aliphatic carbocycles. The van der Waals surface area contributed by atoms with Crippen molar-refractivity contribution in [2.24, 2.45) is 0 Å². The van der Waals surface area contributed by atoms with E-state index in [0.29, 0.717) is 12.3 Å². The maximum absolute atomic E-state index is 11.3. The Morgan fingerprint density at radius 2 is 2.41 bits per heavy atom. The molecule has 1 N–H and O–H groups in total. The fourth-order valence-electron chi connectivity index (χ4n) is 1.58. The zero-order valence-electron chi connectivity index (χ0n) is 9.73. The number of rotatable bonds is 3. The van der Waals surface area contributed by atoms with Crippen LogP contribution in [0.15, 0.2) is 24.4 Å². The van der Waals surface area contributed by atoms with Crippen LogP contribution in [0.25, 0.3) is 16.6 Å². The van der Waals surface area contributed by atoms with Gasteiger partial charge in [0.05, 0.1) is 12.3 Å². The lowest BCUT2D eigenvalue weighted by Crippen LogP contribution is -2.00. The molecule has 5 heteroatoms. The number of nitrogens with one attached hydrogen (secondary N) is 1. The van der Waals surface area contributed by atoms with Crippen LogP contribution in [0.4, 0.5) is 0 Å². The second kappa shape index (κ2) is 4.78. The predicted octanol–water partition coefficient (Wildman–Crippen LogP) is 1.92. The molecule has 5 nitrogen and oxygen atoms in total. The molecule has 2 rings (SSSR count). The average molecular weight is 231 g/mol. The first-order valence-corrected chi connectivity index (χ1v) is 5.37. The predicted molar refractivity (Wildman–Crippen MR) is 64.2 cm³/mol. The Hall–Kier alpha value is -2.17. The smallest absolute Gasteiger partial charge is 0.331 e. The van der Waals surface area contributed by atoms with Crippen molar-refractivity contribution in [2.75, 3.05) is 6.61 Å². The van der Waals surface area contributed by atoms with Crippen molar-refractivity contribution in [3.63, 3.8) is 0 Å². The third-order valence-corrected chi connectivity index (χ3v) is 2.34. The lowest BCUT2D eigenvalue weighted by Gasteiger charge is -1.99. The summed E-state index contributed by atoms with van der Waals surface area (Å²) < 4.78 is 4.86. The van der Waals surface area contributed by atoms with E-state index in [2.05, 4.69) is 15.2 Å². The van der Waals surface area contributed by atoms with Gasteiger partial charge in [0, 0.05) is 17.7 Å². The Balaban J connectivity index is 2.36. The Morgan fingerprint density at radius 3 is 3.18 bits per heavy atom. The fourth-order valence-corrected chi connectivity index (χ4v) is 1.58. The van der Waals surface area contributed by atoms with Gasteiger partial charge in [-0.05, 0) is 31.6 Å². The van der Waals surface area contributed by atoms with Crippen LogP contribution in [0.1, 0.15) is 19.5 Å². The van der Waals surface area contributed by atoms with Gasteiger partial charge < -0.3 is 4.74 Å². The number of carbonyl (C=O) groups is 1. The van der Waals surface area contributed by atoms with Crippen molar-refractivity contribution in [1.29, 1.82) is 0 Å². The van der Waals surface area contributed by atoms with Gasteiger partial charge >= 0.3 is 5.97 Å². The first-order chi connectivity index (χ1) is 8.22. The summed E-state index contributed by atoms with van der Waals surface area (Å²) in [6.07, 6.45) is 3.13. The van der Waals surface area contributed by atoms with E-state index in [1.54, 1.807) is 13.1 Å². The van der Waals surface area contributed by atoms with Crippen molar-refractivity contribution in [2.45, 2.75) is 13.8 Å². The summed E-state index contributed by atoms with van der Waals surface area (Å²) in [6, 6.07) is 3.74. The summed E-state index contributed by atoms with van der Waals surface area (Å²) >= 11 is 0. The molecule has 0 aromatic carbocycles. The highest BCUT2D eigenvalue weighted by Crippen LogP contribution is 2.20. The third-order valence-electron chi connectivity index (χ3n) is 2.34. The molecule has 0 bridgehead atoms. The van der Waals surface area contributed by atoms with Gasteiger partial charge in [-0.15, -0.1) is 0 Å². The highest BCUT2D eigenvalue weighted by Gasteiger charge is 2.08. The number of aromatic amines is 1. The summed E-state index contributed by atoms with van der Waals surface area (Å²) in [4.78, 5) is 15.5. The number of allylic oxidation sites excluding steroid dienone is 1.